The number of halogens is 2. The van der Waals surface area contributed by atoms with Crippen LogP contribution < -0.4 is 4.90 Å². The molecular formula is C18H21Cl2NOS. The van der Waals surface area contributed by atoms with Gasteiger partial charge in [-0.15, -0.1) is 11.3 Å². The highest BCUT2D eigenvalue weighted by Gasteiger charge is 2.23. The molecule has 0 unspecified atom stereocenters. The topological polar surface area (TPSA) is 20.3 Å². The van der Waals surface area contributed by atoms with Crippen molar-refractivity contribution in [3.05, 3.63) is 50.1 Å². The normalized spacial score (nSPS) is 11.3. The highest BCUT2D eigenvalue weighted by Crippen LogP contribution is 2.30. The van der Waals surface area contributed by atoms with Crippen LogP contribution in [0.5, 0.6) is 0 Å². The van der Waals surface area contributed by atoms with Gasteiger partial charge in [0.05, 0.1) is 16.3 Å². The summed E-state index contributed by atoms with van der Waals surface area (Å²) >= 11 is 13.8. The highest BCUT2D eigenvalue weighted by molar-refractivity contribution is 7.10. The predicted molar refractivity (Wildman–Crippen MR) is 101 cm³/mol. The number of benzene rings is 1. The Bertz CT molecular complexity index is 694. The average Bonchev–Trinajstić information content (AvgIpc) is 2.85. The van der Waals surface area contributed by atoms with Crippen LogP contribution in [0.2, 0.25) is 10.0 Å². The van der Waals surface area contributed by atoms with Gasteiger partial charge in [0.2, 0.25) is 0 Å². The summed E-state index contributed by atoms with van der Waals surface area (Å²) in [6.45, 7) is 8.39. The van der Waals surface area contributed by atoms with Crippen molar-refractivity contribution >= 4 is 46.1 Å². The summed E-state index contributed by atoms with van der Waals surface area (Å²) in [5.41, 5.74) is 1.40. The molecule has 0 spiro atoms. The molecule has 0 aliphatic heterocycles. The third-order valence-corrected chi connectivity index (χ3v) is 4.92. The Hall–Kier alpha value is -1.03. The average molecular weight is 370 g/mol. The van der Waals surface area contributed by atoms with Gasteiger partial charge < -0.3 is 4.90 Å². The monoisotopic (exact) mass is 369 g/mol. The Labute approximate surface area is 152 Å². The van der Waals surface area contributed by atoms with Crippen LogP contribution in [0.15, 0.2) is 29.6 Å². The fourth-order valence-corrected chi connectivity index (χ4v) is 4.01. The van der Waals surface area contributed by atoms with E-state index in [0.29, 0.717) is 21.5 Å². The second-order valence-electron chi connectivity index (χ2n) is 6.26. The Morgan fingerprint density at radius 3 is 2.43 bits per heavy atom. The molecule has 0 aliphatic carbocycles. The first-order valence-corrected chi connectivity index (χ1v) is 9.29. The number of nitrogens with zero attached hydrogens (tertiary/aromatic N) is 1. The maximum absolute atomic E-state index is 13.0. The van der Waals surface area contributed by atoms with Crippen molar-refractivity contribution < 1.29 is 4.79 Å². The molecule has 1 amide bonds. The van der Waals surface area contributed by atoms with Crippen molar-refractivity contribution in [2.75, 3.05) is 4.90 Å². The van der Waals surface area contributed by atoms with Gasteiger partial charge in [-0.25, -0.2) is 0 Å². The van der Waals surface area contributed by atoms with E-state index >= 15 is 0 Å². The second-order valence-corrected chi connectivity index (χ2v) is 8.10. The summed E-state index contributed by atoms with van der Waals surface area (Å²) in [7, 11) is 0. The molecular weight excluding hydrogens is 349 g/mol. The summed E-state index contributed by atoms with van der Waals surface area (Å²) in [5, 5.41) is 2.95. The Morgan fingerprint density at radius 1 is 1.17 bits per heavy atom. The van der Waals surface area contributed by atoms with E-state index in [2.05, 4.69) is 19.9 Å². The van der Waals surface area contributed by atoms with Gasteiger partial charge >= 0.3 is 0 Å². The van der Waals surface area contributed by atoms with E-state index in [1.54, 1.807) is 34.4 Å². The van der Waals surface area contributed by atoms with Crippen molar-refractivity contribution in [2.45, 2.75) is 40.2 Å². The van der Waals surface area contributed by atoms with Gasteiger partial charge in [0.25, 0.3) is 5.91 Å². The van der Waals surface area contributed by atoms with Crippen molar-refractivity contribution in [3.63, 3.8) is 0 Å². The van der Waals surface area contributed by atoms with E-state index in [1.165, 1.54) is 4.88 Å². The van der Waals surface area contributed by atoms with Crippen LogP contribution in [0.3, 0.4) is 0 Å². The number of thiophene rings is 1. The van der Waals surface area contributed by atoms with Crippen molar-refractivity contribution in [2.24, 2.45) is 5.92 Å². The van der Waals surface area contributed by atoms with Crippen LogP contribution in [-0.2, 0) is 6.42 Å². The number of hydrogen-bond donors (Lipinski definition) is 0. The van der Waals surface area contributed by atoms with E-state index in [0.717, 1.165) is 12.1 Å². The van der Waals surface area contributed by atoms with E-state index in [1.807, 2.05) is 19.2 Å². The number of amides is 1. The molecule has 124 valence electrons. The third-order valence-electron chi connectivity index (χ3n) is 3.42. The van der Waals surface area contributed by atoms with Gasteiger partial charge in [0, 0.05) is 21.3 Å². The molecule has 0 fully saturated rings. The third kappa shape index (κ3) is 4.50. The molecule has 2 nitrogen and oxygen atoms in total. The van der Waals surface area contributed by atoms with Crippen LogP contribution in [0.1, 0.15) is 42.9 Å². The van der Waals surface area contributed by atoms with Crippen LogP contribution in [0, 0.1) is 5.92 Å². The molecule has 1 aromatic carbocycles. The summed E-state index contributed by atoms with van der Waals surface area (Å²) < 4.78 is 0. The Kier molecular flexibility index (Phi) is 6.12. The lowest BCUT2D eigenvalue weighted by Gasteiger charge is -2.26. The summed E-state index contributed by atoms with van der Waals surface area (Å²) in [6.07, 6.45) is 1.02. The zero-order valence-electron chi connectivity index (χ0n) is 13.8. The zero-order valence-corrected chi connectivity index (χ0v) is 16.1. The van der Waals surface area contributed by atoms with Crippen LogP contribution in [-0.4, -0.2) is 11.9 Å². The molecule has 5 heteroatoms. The minimum atomic E-state index is -0.101. The maximum atomic E-state index is 13.0. The summed E-state index contributed by atoms with van der Waals surface area (Å²) in [6, 6.07) is 7.12. The number of carbonyl (C=O) groups excluding carboxylic acids is 1. The van der Waals surface area contributed by atoms with E-state index in [9.17, 15) is 4.79 Å². The molecule has 0 bridgehead atoms. The quantitative estimate of drug-likeness (QED) is 0.604. The fraction of sp³-hybridized carbons (Fsp3) is 0.389. The van der Waals surface area contributed by atoms with E-state index in [-0.39, 0.29) is 11.9 Å². The molecule has 0 atom stereocenters. The van der Waals surface area contributed by atoms with Gasteiger partial charge in [0.15, 0.2) is 0 Å². The van der Waals surface area contributed by atoms with Crippen molar-refractivity contribution in [3.8, 4) is 0 Å². The lowest BCUT2D eigenvalue weighted by Crippen LogP contribution is -2.36. The molecule has 0 N–H and O–H groups in total. The van der Waals surface area contributed by atoms with Gasteiger partial charge in [0.1, 0.15) is 0 Å². The minimum Gasteiger partial charge on any atom is -0.305 e. The van der Waals surface area contributed by atoms with Crippen molar-refractivity contribution in [1.82, 2.24) is 0 Å². The number of anilines is 1. The molecule has 2 aromatic rings. The van der Waals surface area contributed by atoms with Crippen LogP contribution in [0.4, 0.5) is 5.69 Å². The Morgan fingerprint density at radius 2 is 1.87 bits per heavy atom. The molecule has 23 heavy (non-hydrogen) atoms. The van der Waals surface area contributed by atoms with Gasteiger partial charge in [-0.3, -0.25) is 4.79 Å². The maximum Gasteiger partial charge on any atom is 0.260 e. The summed E-state index contributed by atoms with van der Waals surface area (Å²) in [5.74, 6) is 0.492. The molecule has 2 rings (SSSR count). The fourth-order valence-electron chi connectivity index (χ4n) is 2.45. The van der Waals surface area contributed by atoms with E-state index in [4.69, 9.17) is 23.2 Å². The zero-order chi connectivity index (χ0) is 17.1. The Balaban J connectivity index is 2.34. The highest BCUT2D eigenvalue weighted by atomic mass is 35.5. The van der Waals surface area contributed by atoms with Gasteiger partial charge in [-0.2, -0.15) is 0 Å². The molecule has 0 saturated heterocycles. The second kappa shape index (κ2) is 7.69. The van der Waals surface area contributed by atoms with Crippen LogP contribution >= 0.6 is 34.5 Å². The summed E-state index contributed by atoms with van der Waals surface area (Å²) in [4.78, 5) is 16.0. The first kappa shape index (κ1) is 18.3. The van der Waals surface area contributed by atoms with Crippen LogP contribution in [0.25, 0.3) is 0 Å². The molecule has 1 aromatic heterocycles. The molecule has 0 aliphatic rings. The molecule has 0 radical (unpaired) electrons. The number of hydrogen-bond acceptors (Lipinski definition) is 2. The number of carbonyl (C=O) groups is 1. The predicted octanol–water partition coefficient (Wildman–Crippen LogP) is 6.31. The first-order chi connectivity index (χ1) is 10.8. The minimum absolute atomic E-state index is 0.0377. The first-order valence-electron chi connectivity index (χ1n) is 7.65. The largest absolute Gasteiger partial charge is 0.305 e. The number of rotatable bonds is 5. The van der Waals surface area contributed by atoms with Gasteiger partial charge in [-0.1, -0.05) is 37.0 Å². The molecule has 0 saturated carbocycles. The smallest absolute Gasteiger partial charge is 0.260 e. The standard InChI is InChI=1S/C18H21Cl2NOS/c1-11(2)7-15-9-14(10-23-15)21(12(3)4)18(22)16-6-5-13(19)8-17(16)20/h5-6,8-12H,7H2,1-4H3. The van der Waals surface area contributed by atoms with Crippen molar-refractivity contribution in [1.29, 1.82) is 0 Å². The SMILES string of the molecule is CC(C)Cc1cc(N(C(=O)c2ccc(Cl)cc2Cl)C(C)C)cs1. The lowest BCUT2D eigenvalue weighted by molar-refractivity contribution is 0.0980. The lowest BCUT2D eigenvalue weighted by atomic mass is 10.1. The van der Waals surface area contributed by atoms with E-state index < -0.39 is 0 Å². The molecule has 1 heterocycles. The van der Waals surface area contributed by atoms with Gasteiger partial charge in [-0.05, 0) is 50.5 Å².